The van der Waals surface area contributed by atoms with Crippen LogP contribution in [0.4, 0.5) is 0 Å². The van der Waals surface area contributed by atoms with Crippen LogP contribution in [-0.4, -0.2) is 6.26 Å². The van der Waals surface area contributed by atoms with Crippen LogP contribution in [0.25, 0.3) is 0 Å². The Morgan fingerprint density at radius 2 is 1.16 bits per heavy atom. The molecule has 4 saturated carbocycles. The number of benzene rings is 2. The van der Waals surface area contributed by atoms with Gasteiger partial charge in [-0.25, -0.2) is 0 Å². The van der Waals surface area contributed by atoms with Gasteiger partial charge in [-0.3, -0.25) is 0 Å². The Morgan fingerprint density at radius 3 is 1.75 bits per heavy atom. The Hall–Kier alpha value is -1.21. The minimum atomic E-state index is 0.586. The fraction of sp³-hybridized carbons (Fsp3) is 0.613. The van der Waals surface area contributed by atoms with Crippen LogP contribution in [0, 0.1) is 22.7 Å². The molecule has 10 bridgehead atoms. The molecular weight excluding hydrogens is 404 g/mol. The molecule has 0 saturated heterocycles. The average Bonchev–Trinajstić information content (AvgIpc) is 2.77. The van der Waals surface area contributed by atoms with E-state index < -0.39 is 0 Å². The fourth-order valence-corrected chi connectivity index (χ4v) is 10.2. The number of hydrogen-bond acceptors (Lipinski definition) is 1. The van der Waals surface area contributed by atoms with Crippen molar-refractivity contribution >= 4 is 11.8 Å². The molecular formula is C31H38S. The van der Waals surface area contributed by atoms with E-state index in [2.05, 4.69) is 54.4 Å². The van der Waals surface area contributed by atoms with Crippen LogP contribution < -0.4 is 0 Å². The van der Waals surface area contributed by atoms with Crippen molar-refractivity contribution in [2.75, 3.05) is 6.26 Å². The van der Waals surface area contributed by atoms with Crippen LogP contribution in [0.5, 0.6) is 0 Å². The summed E-state index contributed by atoms with van der Waals surface area (Å²) in [5, 5.41) is 0.586. The predicted molar refractivity (Wildman–Crippen MR) is 136 cm³/mol. The summed E-state index contributed by atoms with van der Waals surface area (Å²) in [4.78, 5) is 0. The van der Waals surface area contributed by atoms with Gasteiger partial charge in [-0.15, -0.1) is 0 Å². The molecule has 0 radical (unpaired) electrons. The van der Waals surface area contributed by atoms with Gasteiger partial charge in [0.15, 0.2) is 0 Å². The van der Waals surface area contributed by atoms with Crippen molar-refractivity contribution in [3.8, 4) is 0 Å². The first kappa shape index (κ1) is 20.2. The molecule has 3 atom stereocenters. The van der Waals surface area contributed by atoms with Crippen LogP contribution in [-0.2, 0) is 32.1 Å². The van der Waals surface area contributed by atoms with Gasteiger partial charge >= 0.3 is 0 Å². The van der Waals surface area contributed by atoms with Crippen molar-refractivity contribution in [3.05, 3.63) is 69.8 Å². The topological polar surface area (TPSA) is 0 Å². The summed E-state index contributed by atoms with van der Waals surface area (Å²) < 4.78 is 0. The summed E-state index contributed by atoms with van der Waals surface area (Å²) in [5.74, 6) is 2.07. The highest BCUT2D eigenvalue weighted by atomic mass is 32.2. The van der Waals surface area contributed by atoms with Crippen molar-refractivity contribution < 1.29 is 0 Å². The third-order valence-corrected chi connectivity index (χ3v) is 11.2. The maximum absolute atomic E-state index is 2.60. The van der Waals surface area contributed by atoms with Gasteiger partial charge in [0.05, 0.1) is 0 Å². The maximum Gasteiger partial charge on any atom is 0.0335 e. The molecule has 0 heterocycles. The van der Waals surface area contributed by atoms with Gasteiger partial charge in [0.1, 0.15) is 0 Å². The van der Waals surface area contributed by atoms with E-state index >= 15 is 0 Å². The van der Waals surface area contributed by atoms with Crippen LogP contribution >= 0.6 is 11.8 Å². The van der Waals surface area contributed by atoms with E-state index in [0.717, 1.165) is 11.8 Å². The van der Waals surface area contributed by atoms with Gasteiger partial charge < -0.3 is 0 Å². The van der Waals surface area contributed by atoms with Crippen molar-refractivity contribution in [1.29, 1.82) is 0 Å². The molecule has 7 aliphatic carbocycles. The Kier molecular flexibility index (Phi) is 4.66. The molecule has 0 N–H and O–H groups in total. The summed E-state index contributed by atoms with van der Waals surface area (Å²) in [7, 11) is 0. The van der Waals surface area contributed by atoms with Crippen molar-refractivity contribution in [1.82, 2.24) is 0 Å². The second kappa shape index (κ2) is 7.39. The minimum absolute atomic E-state index is 0.586. The molecule has 0 amide bonds. The first-order valence-electron chi connectivity index (χ1n) is 13.4. The van der Waals surface area contributed by atoms with Gasteiger partial charge in [-0.05, 0) is 146 Å². The molecule has 7 aliphatic rings. The Labute approximate surface area is 199 Å². The van der Waals surface area contributed by atoms with Crippen LogP contribution in [0.2, 0.25) is 0 Å². The largest absolute Gasteiger partial charge is 0.157 e. The number of hydrogen-bond donors (Lipinski definition) is 0. The third-order valence-electron chi connectivity index (χ3n) is 10.2. The highest BCUT2D eigenvalue weighted by molar-refractivity contribution is 7.98. The van der Waals surface area contributed by atoms with E-state index in [0.29, 0.717) is 16.1 Å². The van der Waals surface area contributed by atoms with E-state index in [1.807, 2.05) is 0 Å². The Bertz CT molecular complexity index is 1030. The summed E-state index contributed by atoms with van der Waals surface area (Å²) in [6.07, 6.45) is 20.7. The zero-order valence-electron chi connectivity index (χ0n) is 19.8. The molecule has 2 aromatic carbocycles. The lowest BCUT2D eigenvalue weighted by Gasteiger charge is -2.63. The number of rotatable bonds is 1. The zero-order chi connectivity index (χ0) is 21.3. The second-order valence-corrected chi connectivity index (χ2v) is 13.7. The summed E-state index contributed by atoms with van der Waals surface area (Å²) in [5.41, 5.74) is 11.0. The zero-order valence-corrected chi connectivity index (χ0v) is 20.6. The highest BCUT2D eigenvalue weighted by Crippen LogP contribution is 2.67. The van der Waals surface area contributed by atoms with E-state index in [9.17, 15) is 0 Å². The number of thioether (sulfide) groups is 1. The summed E-state index contributed by atoms with van der Waals surface area (Å²) in [6.45, 7) is 0. The van der Waals surface area contributed by atoms with Gasteiger partial charge in [-0.2, -0.15) is 11.8 Å². The molecule has 2 spiro atoms. The molecule has 9 rings (SSSR count). The third kappa shape index (κ3) is 3.49. The van der Waals surface area contributed by atoms with Crippen LogP contribution in [0.15, 0.2) is 36.4 Å². The molecule has 1 heteroatoms. The van der Waals surface area contributed by atoms with Crippen molar-refractivity contribution in [3.63, 3.8) is 0 Å². The lowest BCUT2D eigenvalue weighted by molar-refractivity contribution is -0.117. The van der Waals surface area contributed by atoms with Crippen molar-refractivity contribution in [2.24, 2.45) is 22.7 Å². The SMILES string of the molecule is CSC1Cc2cc3cc(c2)CCC24CC5CC(C2)CC(CCc2cc(cc1c2)CC3)(C5)C4. The molecule has 32 heavy (non-hydrogen) atoms. The van der Waals surface area contributed by atoms with E-state index in [4.69, 9.17) is 0 Å². The second-order valence-electron chi connectivity index (χ2n) is 12.6. The first-order valence-corrected chi connectivity index (χ1v) is 14.6. The highest BCUT2D eigenvalue weighted by Gasteiger charge is 2.56. The van der Waals surface area contributed by atoms with Gasteiger partial charge in [-0.1, -0.05) is 36.4 Å². The van der Waals surface area contributed by atoms with Gasteiger partial charge in [0, 0.05) is 5.25 Å². The van der Waals surface area contributed by atoms with Crippen molar-refractivity contribution in [2.45, 2.75) is 88.7 Å². The van der Waals surface area contributed by atoms with Gasteiger partial charge in [0.25, 0.3) is 0 Å². The van der Waals surface area contributed by atoms with Crippen LogP contribution in [0.1, 0.15) is 90.0 Å². The molecule has 0 aromatic heterocycles. The smallest absolute Gasteiger partial charge is 0.0335 e. The number of fused-ring (bicyclic) bond motifs is 4. The normalized spacial score (nSPS) is 37.2. The average molecular weight is 443 g/mol. The Balaban J connectivity index is 1.36. The Morgan fingerprint density at radius 1 is 0.656 bits per heavy atom. The number of aryl methyl sites for hydroxylation is 4. The van der Waals surface area contributed by atoms with Crippen LogP contribution in [0.3, 0.4) is 0 Å². The monoisotopic (exact) mass is 442 g/mol. The fourth-order valence-electron chi connectivity index (χ4n) is 9.41. The van der Waals surface area contributed by atoms with E-state index in [1.54, 1.807) is 71.9 Å². The lowest BCUT2D eigenvalue weighted by Crippen LogP contribution is -2.52. The molecule has 0 nitrogen and oxygen atoms in total. The first-order chi connectivity index (χ1) is 15.6. The molecule has 168 valence electrons. The quantitative estimate of drug-likeness (QED) is 0.432. The van der Waals surface area contributed by atoms with Gasteiger partial charge in [0.2, 0.25) is 0 Å². The molecule has 3 unspecified atom stereocenters. The standard InChI is InChI=1S/C31H38S/c1-32-29-15-25-10-21-2-3-22-9-24(14-28(29)13-22)5-7-31-18-26-12-27(19-31)17-30(16-26,20-31)6-4-23(8-21)11-25/h8-11,13-14,26-27,29H,2-7,12,15-20H2,1H3. The summed E-state index contributed by atoms with van der Waals surface area (Å²) in [6, 6.07) is 15.5. The summed E-state index contributed by atoms with van der Waals surface area (Å²) >= 11 is 2.06. The molecule has 4 fully saturated rings. The molecule has 2 aromatic rings. The predicted octanol–water partition coefficient (Wildman–Crippen LogP) is 7.90. The van der Waals surface area contributed by atoms with E-state index in [1.165, 1.54) is 44.9 Å². The molecule has 0 aliphatic heterocycles. The maximum atomic E-state index is 2.60. The minimum Gasteiger partial charge on any atom is -0.157 e. The lowest BCUT2D eigenvalue weighted by atomic mass is 9.42. The van der Waals surface area contributed by atoms with E-state index in [-0.39, 0.29) is 0 Å².